The molecule has 2 fully saturated rings. The summed E-state index contributed by atoms with van der Waals surface area (Å²) in [4.78, 5) is 38.2. The lowest BCUT2D eigenvalue weighted by Crippen LogP contribution is -2.48. The van der Waals surface area contributed by atoms with E-state index >= 15 is 0 Å². The summed E-state index contributed by atoms with van der Waals surface area (Å²) in [6.07, 6.45) is 3.24. The van der Waals surface area contributed by atoms with Crippen LogP contribution in [0.2, 0.25) is 0 Å². The number of piperazine rings is 1. The highest BCUT2D eigenvalue weighted by Crippen LogP contribution is 2.30. The van der Waals surface area contributed by atoms with E-state index in [0.29, 0.717) is 31.6 Å². The first kappa shape index (κ1) is 26.3. The molecule has 0 spiro atoms. The SMILES string of the molecule is CC(C)Oc1ccccc1N1CCN(CC2C=C(C(=O)N3CCC(C(=O)c4ccccc4)CC3)NO2)CC1. The predicted octanol–water partition coefficient (Wildman–Crippen LogP) is 3.50. The van der Waals surface area contributed by atoms with Crippen LogP contribution >= 0.6 is 0 Å². The van der Waals surface area contributed by atoms with E-state index in [0.717, 1.165) is 49.7 Å². The quantitative estimate of drug-likeness (QED) is 0.536. The molecule has 1 atom stereocenters. The van der Waals surface area contributed by atoms with Crippen molar-refractivity contribution in [2.45, 2.75) is 38.9 Å². The number of nitrogens with zero attached hydrogens (tertiary/aromatic N) is 3. The molecule has 0 saturated carbocycles. The van der Waals surface area contributed by atoms with Crippen molar-refractivity contribution >= 4 is 17.4 Å². The number of piperidine rings is 1. The van der Waals surface area contributed by atoms with E-state index in [1.165, 1.54) is 0 Å². The van der Waals surface area contributed by atoms with E-state index in [1.807, 2.05) is 67.3 Å². The molecule has 2 saturated heterocycles. The van der Waals surface area contributed by atoms with E-state index in [-0.39, 0.29) is 29.8 Å². The van der Waals surface area contributed by atoms with Gasteiger partial charge < -0.3 is 14.5 Å². The average Bonchev–Trinajstić information content (AvgIpc) is 3.42. The number of hydroxylamine groups is 1. The number of carbonyl (C=O) groups is 2. The van der Waals surface area contributed by atoms with Crippen molar-refractivity contribution in [2.75, 3.05) is 50.7 Å². The molecule has 1 unspecified atom stereocenters. The smallest absolute Gasteiger partial charge is 0.271 e. The molecule has 8 heteroatoms. The largest absolute Gasteiger partial charge is 0.489 e. The number of carbonyl (C=O) groups excluding carboxylic acids is 2. The fraction of sp³-hybridized carbons (Fsp3) is 0.467. The van der Waals surface area contributed by atoms with Gasteiger partial charge in [-0.05, 0) is 44.9 Å². The van der Waals surface area contributed by atoms with Crippen LogP contribution in [-0.4, -0.2) is 79.5 Å². The third kappa shape index (κ3) is 6.19. The van der Waals surface area contributed by atoms with Crippen molar-refractivity contribution in [1.82, 2.24) is 15.3 Å². The Hall–Kier alpha value is -3.36. The summed E-state index contributed by atoms with van der Waals surface area (Å²) >= 11 is 0. The summed E-state index contributed by atoms with van der Waals surface area (Å²) in [6, 6.07) is 17.7. The number of hydrogen-bond acceptors (Lipinski definition) is 7. The van der Waals surface area contributed by atoms with Crippen molar-refractivity contribution in [3.8, 4) is 5.75 Å². The molecular weight excluding hydrogens is 480 g/mol. The molecule has 0 aliphatic carbocycles. The second-order valence-electron chi connectivity index (χ2n) is 10.6. The number of para-hydroxylation sites is 2. The van der Waals surface area contributed by atoms with Crippen LogP contribution < -0.4 is 15.1 Å². The Morgan fingerprint density at radius 1 is 0.947 bits per heavy atom. The monoisotopic (exact) mass is 518 g/mol. The van der Waals surface area contributed by atoms with E-state index in [9.17, 15) is 9.59 Å². The van der Waals surface area contributed by atoms with Crippen LogP contribution in [0.4, 0.5) is 5.69 Å². The molecule has 202 valence electrons. The van der Waals surface area contributed by atoms with Crippen LogP contribution in [0.15, 0.2) is 66.4 Å². The Morgan fingerprint density at radius 2 is 1.63 bits per heavy atom. The van der Waals surface area contributed by atoms with Crippen LogP contribution in [0.1, 0.15) is 37.0 Å². The Kier molecular flexibility index (Phi) is 8.29. The van der Waals surface area contributed by atoms with Gasteiger partial charge in [0.05, 0.1) is 11.8 Å². The summed E-state index contributed by atoms with van der Waals surface area (Å²) in [5.41, 5.74) is 5.26. The lowest BCUT2D eigenvalue weighted by molar-refractivity contribution is -0.129. The summed E-state index contributed by atoms with van der Waals surface area (Å²) in [5.74, 6) is 1.03. The summed E-state index contributed by atoms with van der Waals surface area (Å²) in [5, 5.41) is 0. The first-order valence-electron chi connectivity index (χ1n) is 13.7. The van der Waals surface area contributed by atoms with Crippen LogP contribution in [0.25, 0.3) is 0 Å². The molecule has 0 aromatic heterocycles. The number of rotatable bonds is 8. The van der Waals surface area contributed by atoms with Gasteiger partial charge in [0.25, 0.3) is 5.91 Å². The number of Topliss-reactive ketones (excluding diaryl/α,β-unsaturated/α-hetero) is 1. The third-order valence-electron chi connectivity index (χ3n) is 7.49. The first-order valence-corrected chi connectivity index (χ1v) is 13.7. The maximum absolute atomic E-state index is 13.1. The molecule has 2 aromatic carbocycles. The zero-order chi connectivity index (χ0) is 26.5. The maximum atomic E-state index is 13.1. The van der Waals surface area contributed by atoms with E-state index in [2.05, 4.69) is 27.4 Å². The maximum Gasteiger partial charge on any atom is 0.271 e. The lowest BCUT2D eigenvalue weighted by Gasteiger charge is -2.37. The highest BCUT2D eigenvalue weighted by atomic mass is 16.7. The number of likely N-dealkylation sites (tertiary alicyclic amines) is 1. The standard InChI is InChI=1S/C30H38N4O4/c1-22(2)37-28-11-7-6-10-27(28)33-18-16-32(17-19-33)21-25-20-26(31-38-25)30(36)34-14-12-24(13-15-34)29(35)23-8-4-3-5-9-23/h3-11,20,22,24-25,31H,12-19,21H2,1-2H3. The Bertz CT molecular complexity index is 1140. The van der Waals surface area contributed by atoms with Gasteiger partial charge in [0.1, 0.15) is 17.6 Å². The van der Waals surface area contributed by atoms with Gasteiger partial charge in [-0.1, -0.05) is 42.5 Å². The summed E-state index contributed by atoms with van der Waals surface area (Å²) in [6.45, 7) is 9.62. The Labute approximate surface area is 225 Å². The number of amides is 1. The molecule has 8 nitrogen and oxygen atoms in total. The minimum atomic E-state index is -0.172. The van der Waals surface area contributed by atoms with E-state index in [1.54, 1.807) is 0 Å². The molecule has 3 heterocycles. The van der Waals surface area contributed by atoms with Crippen LogP contribution in [0, 0.1) is 5.92 Å². The number of ether oxygens (including phenoxy) is 1. The number of nitrogens with one attached hydrogen (secondary N) is 1. The zero-order valence-electron chi connectivity index (χ0n) is 22.3. The molecule has 0 radical (unpaired) electrons. The molecule has 1 amide bonds. The van der Waals surface area contributed by atoms with Crippen molar-refractivity contribution in [3.05, 3.63) is 71.9 Å². The Morgan fingerprint density at radius 3 is 2.34 bits per heavy atom. The molecule has 2 aromatic rings. The van der Waals surface area contributed by atoms with E-state index < -0.39 is 0 Å². The predicted molar refractivity (Wildman–Crippen MR) is 147 cm³/mol. The molecular formula is C30H38N4O4. The van der Waals surface area contributed by atoms with Gasteiger partial charge in [0, 0.05) is 57.3 Å². The van der Waals surface area contributed by atoms with Crippen LogP contribution in [0.5, 0.6) is 5.75 Å². The fourth-order valence-corrected chi connectivity index (χ4v) is 5.45. The normalized spacial score (nSPS) is 20.8. The summed E-state index contributed by atoms with van der Waals surface area (Å²) < 4.78 is 6.01. The van der Waals surface area contributed by atoms with Crippen LogP contribution in [-0.2, 0) is 9.63 Å². The minimum absolute atomic E-state index is 0.0291. The Balaban J connectivity index is 1.09. The van der Waals surface area contributed by atoms with Crippen molar-refractivity contribution in [1.29, 1.82) is 0 Å². The van der Waals surface area contributed by atoms with Gasteiger partial charge in [-0.25, -0.2) is 0 Å². The molecule has 0 bridgehead atoms. The van der Waals surface area contributed by atoms with Gasteiger partial charge in [0.2, 0.25) is 0 Å². The van der Waals surface area contributed by atoms with E-state index in [4.69, 9.17) is 9.57 Å². The van der Waals surface area contributed by atoms with Gasteiger partial charge in [0.15, 0.2) is 5.78 Å². The topological polar surface area (TPSA) is 74.4 Å². The lowest BCUT2D eigenvalue weighted by atomic mass is 9.89. The number of anilines is 1. The summed E-state index contributed by atoms with van der Waals surface area (Å²) in [7, 11) is 0. The molecule has 1 N–H and O–H groups in total. The molecule has 5 rings (SSSR count). The number of benzene rings is 2. The highest BCUT2D eigenvalue weighted by Gasteiger charge is 2.32. The highest BCUT2D eigenvalue weighted by molar-refractivity contribution is 5.98. The molecule has 3 aliphatic rings. The third-order valence-corrected chi connectivity index (χ3v) is 7.49. The molecule has 3 aliphatic heterocycles. The number of ketones is 1. The van der Waals surface area contributed by atoms with Gasteiger partial charge >= 0.3 is 0 Å². The van der Waals surface area contributed by atoms with Gasteiger partial charge in [-0.15, -0.1) is 0 Å². The zero-order valence-corrected chi connectivity index (χ0v) is 22.3. The van der Waals surface area contributed by atoms with Gasteiger partial charge in [-0.3, -0.25) is 24.8 Å². The van der Waals surface area contributed by atoms with Crippen molar-refractivity contribution < 1.29 is 19.2 Å². The van der Waals surface area contributed by atoms with Crippen molar-refractivity contribution in [3.63, 3.8) is 0 Å². The average molecular weight is 519 g/mol. The van der Waals surface area contributed by atoms with Crippen LogP contribution in [0.3, 0.4) is 0 Å². The second kappa shape index (κ2) is 12.0. The molecule has 38 heavy (non-hydrogen) atoms. The fourth-order valence-electron chi connectivity index (χ4n) is 5.45. The first-order chi connectivity index (χ1) is 18.5. The number of hydrogen-bond donors (Lipinski definition) is 1. The van der Waals surface area contributed by atoms with Crippen molar-refractivity contribution in [2.24, 2.45) is 5.92 Å². The second-order valence-corrected chi connectivity index (χ2v) is 10.6. The van der Waals surface area contributed by atoms with Gasteiger partial charge in [-0.2, -0.15) is 0 Å². The minimum Gasteiger partial charge on any atom is -0.489 e.